The molecule has 2 heterocycles. The van der Waals surface area contributed by atoms with Crippen LogP contribution in [0.3, 0.4) is 0 Å². The number of hydrogen-bond acceptors (Lipinski definition) is 5. The van der Waals surface area contributed by atoms with E-state index in [9.17, 15) is 9.59 Å². The lowest BCUT2D eigenvalue weighted by Crippen LogP contribution is -2.36. The van der Waals surface area contributed by atoms with Crippen molar-refractivity contribution in [2.75, 3.05) is 6.54 Å². The lowest BCUT2D eigenvalue weighted by Gasteiger charge is -2.05. The number of amides is 2. The summed E-state index contributed by atoms with van der Waals surface area (Å²) in [5.74, 6) is -0.00483. The van der Waals surface area contributed by atoms with E-state index in [2.05, 4.69) is 15.8 Å². The highest BCUT2D eigenvalue weighted by Crippen LogP contribution is 2.13. The number of aromatic nitrogens is 1. The third-order valence-corrected chi connectivity index (χ3v) is 3.88. The topological polar surface area (TPSA) is 84.2 Å². The zero-order valence-corrected chi connectivity index (χ0v) is 12.8. The van der Waals surface area contributed by atoms with Gasteiger partial charge in [-0.25, -0.2) is 0 Å². The van der Waals surface area contributed by atoms with Gasteiger partial charge in [0.1, 0.15) is 5.76 Å². The first-order chi connectivity index (χ1) is 10.1. The van der Waals surface area contributed by atoms with Crippen LogP contribution in [0.15, 0.2) is 22.0 Å². The van der Waals surface area contributed by atoms with Gasteiger partial charge in [0.15, 0.2) is 5.69 Å². The zero-order chi connectivity index (χ0) is 15.2. The maximum Gasteiger partial charge on any atom is 0.274 e. The Morgan fingerprint density at radius 2 is 2.19 bits per heavy atom. The molecule has 0 saturated carbocycles. The molecule has 0 aliphatic heterocycles. The van der Waals surface area contributed by atoms with E-state index in [4.69, 9.17) is 4.52 Å². The highest BCUT2D eigenvalue weighted by Gasteiger charge is 2.18. The van der Waals surface area contributed by atoms with Gasteiger partial charge in [0.25, 0.3) is 5.91 Å². The molecular weight excluding hydrogens is 290 g/mol. The van der Waals surface area contributed by atoms with Crippen molar-refractivity contribution in [2.24, 2.45) is 0 Å². The third-order valence-electron chi connectivity index (χ3n) is 3.00. The average molecular weight is 307 g/mol. The van der Waals surface area contributed by atoms with Gasteiger partial charge in [0.05, 0.1) is 13.1 Å². The van der Waals surface area contributed by atoms with E-state index in [1.807, 2.05) is 24.4 Å². The van der Waals surface area contributed by atoms with Gasteiger partial charge < -0.3 is 15.2 Å². The molecule has 2 rings (SSSR count). The molecule has 2 aromatic heterocycles. The Kier molecular flexibility index (Phi) is 5.10. The van der Waals surface area contributed by atoms with Gasteiger partial charge in [0.2, 0.25) is 5.91 Å². The van der Waals surface area contributed by atoms with E-state index in [-0.39, 0.29) is 18.1 Å². The van der Waals surface area contributed by atoms with Gasteiger partial charge in [-0.2, -0.15) is 0 Å². The molecule has 2 N–H and O–H groups in total. The fraction of sp³-hybridized carbons (Fsp3) is 0.357. The van der Waals surface area contributed by atoms with Crippen molar-refractivity contribution in [1.82, 2.24) is 15.8 Å². The molecule has 112 valence electrons. The first kappa shape index (κ1) is 15.2. The van der Waals surface area contributed by atoms with Crippen LogP contribution in [0.4, 0.5) is 0 Å². The van der Waals surface area contributed by atoms with Gasteiger partial charge in [0, 0.05) is 10.4 Å². The molecule has 0 aliphatic rings. The third kappa shape index (κ3) is 3.91. The van der Waals surface area contributed by atoms with E-state index in [1.165, 1.54) is 0 Å². The minimum Gasteiger partial charge on any atom is -0.361 e. The number of carbonyl (C=O) groups excluding carboxylic acids is 2. The molecule has 0 aliphatic carbocycles. The van der Waals surface area contributed by atoms with Gasteiger partial charge in [-0.15, -0.1) is 11.3 Å². The summed E-state index contributed by atoms with van der Waals surface area (Å²) in [7, 11) is 0. The molecule has 0 unspecified atom stereocenters. The predicted octanol–water partition coefficient (Wildman–Crippen LogP) is 1.65. The molecule has 2 aromatic rings. The van der Waals surface area contributed by atoms with Crippen molar-refractivity contribution in [2.45, 2.75) is 26.8 Å². The first-order valence-corrected chi connectivity index (χ1v) is 7.52. The molecule has 6 nitrogen and oxygen atoms in total. The highest BCUT2D eigenvalue weighted by molar-refractivity contribution is 7.09. The Labute approximate surface area is 126 Å². The van der Waals surface area contributed by atoms with E-state index < -0.39 is 5.91 Å². The summed E-state index contributed by atoms with van der Waals surface area (Å²) in [5, 5.41) is 11.0. The molecular formula is C14H17N3O3S. The molecule has 0 fully saturated rings. The standard InChI is InChI=1S/C14H17N3O3S/c1-3-11-9(2)20-17-13(11)14(19)16-8-12(18)15-7-10-5-4-6-21-10/h4-6H,3,7-8H2,1-2H3,(H,15,18)(H,16,19). The molecule has 0 saturated heterocycles. The minimum atomic E-state index is -0.394. The number of thiophene rings is 1. The summed E-state index contributed by atoms with van der Waals surface area (Å²) in [6.07, 6.45) is 0.655. The Morgan fingerprint density at radius 3 is 2.86 bits per heavy atom. The zero-order valence-electron chi connectivity index (χ0n) is 11.9. The molecule has 0 atom stereocenters. The largest absolute Gasteiger partial charge is 0.361 e. The predicted molar refractivity (Wildman–Crippen MR) is 79.1 cm³/mol. The van der Waals surface area contributed by atoms with Crippen LogP contribution in [0.1, 0.15) is 33.6 Å². The molecule has 21 heavy (non-hydrogen) atoms. The molecule has 0 radical (unpaired) electrons. The van der Waals surface area contributed by atoms with Gasteiger partial charge in [-0.05, 0) is 24.8 Å². The van der Waals surface area contributed by atoms with Gasteiger partial charge >= 0.3 is 0 Å². The van der Waals surface area contributed by atoms with Crippen molar-refractivity contribution in [3.63, 3.8) is 0 Å². The number of aryl methyl sites for hydroxylation is 1. The lowest BCUT2D eigenvalue weighted by atomic mass is 10.1. The Bertz CT molecular complexity index is 619. The Hall–Kier alpha value is -2.15. The molecule has 0 spiro atoms. The summed E-state index contributed by atoms with van der Waals surface area (Å²) in [6.45, 7) is 4.06. The van der Waals surface area contributed by atoms with Crippen LogP contribution < -0.4 is 10.6 Å². The lowest BCUT2D eigenvalue weighted by molar-refractivity contribution is -0.120. The Morgan fingerprint density at radius 1 is 1.38 bits per heavy atom. The molecule has 0 bridgehead atoms. The second-order valence-corrected chi connectivity index (χ2v) is 5.49. The number of rotatable bonds is 6. The average Bonchev–Trinajstić information content (AvgIpc) is 3.11. The molecule has 7 heteroatoms. The smallest absolute Gasteiger partial charge is 0.274 e. The SMILES string of the molecule is CCc1c(C(=O)NCC(=O)NCc2cccs2)noc1C. The maximum atomic E-state index is 12.0. The van der Waals surface area contributed by atoms with Crippen molar-refractivity contribution < 1.29 is 14.1 Å². The van der Waals surface area contributed by atoms with E-state index in [1.54, 1.807) is 18.3 Å². The van der Waals surface area contributed by atoms with Crippen molar-refractivity contribution in [1.29, 1.82) is 0 Å². The summed E-state index contributed by atoms with van der Waals surface area (Å²) >= 11 is 1.57. The van der Waals surface area contributed by atoms with E-state index in [0.717, 1.165) is 10.4 Å². The fourth-order valence-corrected chi connectivity index (χ4v) is 2.54. The number of nitrogens with one attached hydrogen (secondary N) is 2. The van der Waals surface area contributed by atoms with Crippen LogP contribution in [-0.4, -0.2) is 23.5 Å². The van der Waals surface area contributed by atoms with Crippen LogP contribution in [0.2, 0.25) is 0 Å². The highest BCUT2D eigenvalue weighted by atomic mass is 32.1. The summed E-state index contributed by atoms with van der Waals surface area (Å²) < 4.78 is 5.00. The second kappa shape index (κ2) is 7.03. The maximum absolute atomic E-state index is 12.0. The van der Waals surface area contributed by atoms with Crippen LogP contribution in [0, 0.1) is 6.92 Å². The van der Waals surface area contributed by atoms with Crippen molar-refractivity contribution >= 4 is 23.2 Å². The van der Waals surface area contributed by atoms with Crippen LogP contribution in [0.25, 0.3) is 0 Å². The Balaban J connectivity index is 1.81. The van der Waals surface area contributed by atoms with E-state index in [0.29, 0.717) is 18.7 Å². The van der Waals surface area contributed by atoms with Crippen molar-refractivity contribution in [3.05, 3.63) is 39.4 Å². The first-order valence-electron chi connectivity index (χ1n) is 6.64. The number of nitrogens with zero attached hydrogens (tertiary/aromatic N) is 1. The normalized spacial score (nSPS) is 10.4. The quantitative estimate of drug-likeness (QED) is 0.850. The van der Waals surface area contributed by atoms with Crippen LogP contribution in [-0.2, 0) is 17.8 Å². The summed E-state index contributed by atoms with van der Waals surface area (Å²) in [6, 6.07) is 3.86. The van der Waals surface area contributed by atoms with Crippen molar-refractivity contribution in [3.8, 4) is 0 Å². The fourth-order valence-electron chi connectivity index (χ4n) is 1.89. The second-order valence-electron chi connectivity index (χ2n) is 4.46. The molecule has 2 amide bonds. The summed E-state index contributed by atoms with van der Waals surface area (Å²) in [5.41, 5.74) is 1.02. The van der Waals surface area contributed by atoms with Crippen LogP contribution in [0.5, 0.6) is 0 Å². The van der Waals surface area contributed by atoms with E-state index >= 15 is 0 Å². The van der Waals surface area contributed by atoms with Gasteiger partial charge in [-0.3, -0.25) is 9.59 Å². The monoisotopic (exact) mass is 307 g/mol. The summed E-state index contributed by atoms with van der Waals surface area (Å²) in [4.78, 5) is 24.7. The minimum absolute atomic E-state index is 0.0841. The number of carbonyl (C=O) groups is 2. The number of hydrogen-bond donors (Lipinski definition) is 2. The van der Waals surface area contributed by atoms with Crippen LogP contribution >= 0.6 is 11.3 Å². The molecule has 0 aromatic carbocycles. The van der Waals surface area contributed by atoms with Gasteiger partial charge in [-0.1, -0.05) is 18.1 Å².